The van der Waals surface area contributed by atoms with Gasteiger partial charge in [-0.2, -0.15) is 0 Å². The summed E-state index contributed by atoms with van der Waals surface area (Å²) in [5.74, 6) is -1.55. The van der Waals surface area contributed by atoms with Crippen molar-refractivity contribution in [1.82, 2.24) is 4.90 Å². The Hall–Kier alpha value is -1.14. The Morgan fingerprint density at radius 1 is 1.50 bits per heavy atom. The molecule has 1 atom stereocenters. The minimum atomic E-state index is -1.06. The second-order valence-corrected chi connectivity index (χ2v) is 3.05. The lowest BCUT2D eigenvalue weighted by molar-refractivity contribution is -0.139. The molecule has 0 bridgehead atoms. The zero-order valence-corrected chi connectivity index (χ0v) is 8.14. The van der Waals surface area contributed by atoms with Crippen molar-refractivity contribution in [2.24, 2.45) is 5.73 Å². The van der Waals surface area contributed by atoms with E-state index < -0.39 is 18.0 Å². The van der Waals surface area contributed by atoms with Crippen LogP contribution in [0.25, 0.3) is 0 Å². The number of carbonyl (C=O) groups is 2. The number of hydrogen-bond donors (Lipinski definition) is 3. The van der Waals surface area contributed by atoms with Crippen LogP contribution in [-0.4, -0.2) is 52.7 Å². The molecule has 0 aromatic rings. The summed E-state index contributed by atoms with van der Waals surface area (Å²) in [7, 11) is 0. The van der Waals surface area contributed by atoms with Crippen molar-refractivity contribution < 1.29 is 19.8 Å². The van der Waals surface area contributed by atoms with Gasteiger partial charge in [-0.1, -0.05) is 6.92 Å². The molecule has 0 aromatic carbocycles. The largest absolute Gasteiger partial charge is 0.481 e. The van der Waals surface area contributed by atoms with Gasteiger partial charge in [0.15, 0.2) is 0 Å². The van der Waals surface area contributed by atoms with E-state index in [9.17, 15) is 14.7 Å². The summed E-state index contributed by atoms with van der Waals surface area (Å²) >= 11 is 0. The van der Waals surface area contributed by atoms with Crippen molar-refractivity contribution in [3.63, 3.8) is 0 Å². The standard InChI is InChI=1S/C8H16N2O4/c1-2-10(5-7(9)12)4-6(11)3-8(13)14/h6,11H,2-5H2,1H3,(H2,9,12)(H,13,14). The van der Waals surface area contributed by atoms with Crippen LogP contribution in [0.2, 0.25) is 0 Å². The molecule has 0 aliphatic heterocycles. The minimum absolute atomic E-state index is 0.0349. The number of likely N-dealkylation sites (N-methyl/N-ethyl adjacent to an activating group) is 1. The molecule has 0 rings (SSSR count). The Kier molecular flexibility index (Phi) is 5.82. The molecule has 0 saturated carbocycles. The lowest BCUT2D eigenvalue weighted by atomic mass is 10.2. The van der Waals surface area contributed by atoms with Crippen molar-refractivity contribution in [2.45, 2.75) is 19.4 Å². The molecule has 0 saturated heterocycles. The van der Waals surface area contributed by atoms with Crippen LogP contribution in [-0.2, 0) is 9.59 Å². The number of carboxylic acids is 1. The van der Waals surface area contributed by atoms with Crippen molar-refractivity contribution >= 4 is 11.9 Å². The van der Waals surface area contributed by atoms with E-state index in [1.54, 1.807) is 11.8 Å². The van der Waals surface area contributed by atoms with E-state index in [2.05, 4.69) is 0 Å². The van der Waals surface area contributed by atoms with Crippen LogP contribution in [0.15, 0.2) is 0 Å². The first-order valence-corrected chi connectivity index (χ1v) is 4.36. The molecule has 0 aromatic heterocycles. The van der Waals surface area contributed by atoms with Gasteiger partial charge in [0, 0.05) is 6.54 Å². The van der Waals surface area contributed by atoms with Gasteiger partial charge in [-0.25, -0.2) is 0 Å². The molecule has 1 amide bonds. The molecule has 0 radical (unpaired) electrons. The highest BCUT2D eigenvalue weighted by Gasteiger charge is 2.14. The lowest BCUT2D eigenvalue weighted by Crippen LogP contribution is -2.39. The number of nitrogens with two attached hydrogens (primary N) is 1. The summed E-state index contributed by atoms with van der Waals surface area (Å²) < 4.78 is 0. The molecule has 0 fully saturated rings. The van der Waals surface area contributed by atoms with Gasteiger partial charge >= 0.3 is 5.97 Å². The molecular weight excluding hydrogens is 188 g/mol. The Balaban J connectivity index is 3.91. The van der Waals surface area contributed by atoms with Crippen LogP contribution in [0.3, 0.4) is 0 Å². The highest BCUT2D eigenvalue weighted by molar-refractivity contribution is 5.75. The lowest BCUT2D eigenvalue weighted by Gasteiger charge is -2.20. The van der Waals surface area contributed by atoms with Gasteiger partial charge in [-0.05, 0) is 6.54 Å². The van der Waals surface area contributed by atoms with Gasteiger partial charge in [0.1, 0.15) is 0 Å². The molecule has 6 nitrogen and oxygen atoms in total. The van der Waals surface area contributed by atoms with Gasteiger partial charge in [0.05, 0.1) is 19.1 Å². The first-order chi connectivity index (χ1) is 6.45. The number of amides is 1. The monoisotopic (exact) mass is 204 g/mol. The summed E-state index contributed by atoms with van der Waals surface area (Å²) in [6, 6.07) is 0. The van der Waals surface area contributed by atoms with Crippen LogP contribution >= 0.6 is 0 Å². The highest BCUT2D eigenvalue weighted by atomic mass is 16.4. The van der Waals surface area contributed by atoms with Crippen LogP contribution < -0.4 is 5.73 Å². The normalized spacial score (nSPS) is 12.8. The number of rotatable bonds is 7. The first kappa shape index (κ1) is 12.9. The van der Waals surface area contributed by atoms with Crippen molar-refractivity contribution in [3.8, 4) is 0 Å². The number of aliphatic hydroxyl groups excluding tert-OH is 1. The van der Waals surface area contributed by atoms with E-state index in [-0.39, 0.29) is 19.5 Å². The van der Waals surface area contributed by atoms with E-state index in [0.29, 0.717) is 6.54 Å². The maximum Gasteiger partial charge on any atom is 0.306 e. The topological polar surface area (TPSA) is 104 Å². The zero-order chi connectivity index (χ0) is 11.1. The third-order valence-corrected chi connectivity index (χ3v) is 1.71. The highest BCUT2D eigenvalue weighted by Crippen LogP contribution is 1.96. The fraction of sp³-hybridized carbons (Fsp3) is 0.750. The van der Waals surface area contributed by atoms with E-state index in [4.69, 9.17) is 10.8 Å². The second-order valence-electron chi connectivity index (χ2n) is 3.05. The van der Waals surface area contributed by atoms with Crippen molar-refractivity contribution in [3.05, 3.63) is 0 Å². The number of nitrogens with zero attached hydrogens (tertiary/aromatic N) is 1. The number of carbonyl (C=O) groups excluding carboxylic acids is 1. The predicted molar refractivity (Wildman–Crippen MR) is 49.6 cm³/mol. The third-order valence-electron chi connectivity index (χ3n) is 1.71. The maximum atomic E-state index is 10.6. The third kappa shape index (κ3) is 6.38. The molecule has 6 heteroatoms. The molecule has 14 heavy (non-hydrogen) atoms. The molecular formula is C8H16N2O4. The number of primary amides is 1. The summed E-state index contributed by atoms with van der Waals surface area (Å²) in [6.45, 7) is 2.52. The predicted octanol–water partition coefficient (Wildman–Crippen LogP) is -1.37. The fourth-order valence-electron chi connectivity index (χ4n) is 1.09. The summed E-state index contributed by atoms with van der Waals surface area (Å²) in [6.07, 6.45) is -1.29. The molecule has 0 aliphatic carbocycles. The summed E-state index contributed by atoms with van der Waals surface area (Å²) in [5, 5.41) is 17.6. The van der Waals surface area contributed by atoms with E-state index in [1.807, 2.05) is 0 Å². The van der Waals surface area contributed by atoms with Gasteiger partial charge in [0.25, 0.3) is 0 Å². The van der Waals surface area contributed by atoms with Crippen molar-refractivity contribution in [1.29, 1.82) is 0 Å². The maximum absolute atomic E-state index is 10.6. The van der Waals surface area contributed by atoms with E-state index in [0.717, 1.165) is 0 Å². The Morgan fingerprint density at radius 2 is 2.07 bits per heavy atom. The van der Waals surface area contributed by atoms with Gasteiger partial charge in [-0.3, -0.25) is 14.5 Å². The van der Waals surface area contributed by atoms with Crippen molar-refractivity contribution in [2.75, 3.05) is 19.6 Å². The summed E-state index contributed by atoms with van der Waals surface area (Å²) in [5.41, 5.74) is 4.97. The quantitative estimate of drug-likeness (QED) is 0.474. The fourth-order valence-corrected chi connectivity index (χ4v) is 1.09. The molecule has 0 aliphatic rings. The molecule has 0 heterocycles. The number of carboxylic acid groups (broad SMARTS) is 1. The van der Waals surface area contributed by atoms with Crippen LogP contribution in [0.1, 0.15) is 13.3 Å². The molecule has 1 unspecified atom stereocenters. The molecule has 4 N–H and O–H groups in total. The summed E-state index contributed by atoms with van der Waals surface area (Å²) in [4.78, 5) is 22.4. The Labute approximate surface area is 82.3 Å². The van der Waals surface area contributed by atoms with Gasteiger partial charge in [0.2, 0.25) is 5.91 Å². The Morgan fingerprint density at radius 3 is 2.43 bits per heavy atom. The number of hydrogen-bond acceptors (Lipinski definition) is 4. The Bertz CT molecular complexity index is 208. The number of aliphatic carboxylic acids is 1. The van der Waals surface area contributed by atoms with Crippen LogP contribution in [0.4, 0.5) is 0 Å². The second kappa shape index (κ2) is 6.33. The minimum Gasteiger partial charge on any atom is -0.481 e. The smallest absolute Gasteiger partial charge is 0.306 e. The average Bonchev–Trinajstić information content (AvgIpc) is 2.00. The zero-order valence-electron chi connectivity index (χ0n) is 8.14. The van der Waals surface area contributed by atoms with Crippen LogP contribution in [0, 0.1) is 0 Å². The molecule has 82 valence electrons. The van der Waals surface area contributed by atoms with Gasteiger partial charge < -0.3 is 15.9 Å². The van der Waals surface area contributed by atoms with E-state index >= 15 is 0 Å². The average molecular weight is 204 g/mol. The van der Waals surface area contributed by atoms with E-state index in [1.165, 1.54) is 0 Å². The number of aliphatic hydroxyl groups is 1. The first-order valence-electron chi connectivity index (χ1n) is 4.36. The SMILES string of the molecule is CCN(CC(N)=O)CC(O)CC(=O)O. The van der Waals surface area contributed by atoms with Crippen LogP contribution in [0.5, 0.6) is 0 Å². The molecule has 0 spiro atoms. The van der Waals surface area contributed by atoms with Gasteiger partial charge in [-0.15, -0.1) is 0 Å².